The van der Waals surface area contributed by atoms with Crippen molar-refractivity contribution in [3.63, 3.8) is 0 Å². The number of benzene rings is 2. The number of hydrogen-bond acceptors (Lipinski definition) is 2. The molecule has 0 saturated carbocycles. The fourth-order valence-corrected chi connectivity index (χ4v) is 2.95. The van der Waals surface area contributed by atoms with Gasteiger partial charge in [-0.1, -0.05) is 22.0 Å². The van der Waals surface area contributed by atoms with Crippen molar-refractivity contribution >= 4 is 31.9 Å². The zero-order chi connectivity index (χ0) is 14.7. The highest BCUT2D eigenvalue weighted by atomic mass is 79.9. The quantitative estimate of drug-likeness (QED) is 0.767. The van der Waals surface area contributed by atoms with Gasteiger partial charge in [0.1, 0.15) is 11.5 Å². The van der Waals surface area contributed by atoms with Crippen LogP contribution in [-0.4, -0.2) is 6.04 Å². The standard InChI is InChI=1S/C16H17Br2NO/c1-10-7-13(17)4-6-15(10)20-16-5-3-12(8-11(2)19)9-14(16)18/h3-7,9,11H,8,19H2,1-2H3. The SMILES string of the molecule is Cc1cc(Br)ccc1Oc1ccc(CC(C)N)cc1Br. The second-order valence-electron chi connectivity index (χ2n) is 4.96. The summed E-state index contributed by atoms with van der Waals surface area (Å²) in [6.45, 7) is 4.03. The van der Waals surface area contributed by atoms with E-state index in [4.69, 9.17) is 10.5 Å². The lowest BCUT2D eigenvalue weighted by molar-refractivity contribution is 0.475. The van der Waals surface area contributed by atoms with Crippen LogP contribution in [0.25, 0.3) is 0 Å². The predicted octanol–water partition coefficient (Wildman–Crippen LogP) is 5.20. The maximum Gasteiger partial charge on any atom is 0.141 e. The van der Waals surface area contributed by atoms with Gasteiger partial charge in [0.15, 0.2) is 0 Å². The third kappa shape index (κ3) is 4.08. The van der Waals surface area contributed by atoms with Crippen molar-refractivity contribution in [1.29, 1.82) is 0 Å². The molecule has 0 amide bonds. The van der Waals surface area contributed by atoms with Crippen LogP contribution < -0.4 is 10.5 Å². The van der Waals surface area contributed by atoms with Crippen molar-refractivity contribution in [1.82, 2.24) is 0 Å². The Morgan fingerprint density at radius 1 is 1.10 bits per heavy atom. The van der Waals surface area contributed by atoms with Crippen LogP contribution in [0.3, 0.4) is 0 Å². The van der Waals surface area contributed by atoms with Gasteiger partial charge in [-0.05, 0) is 77.7 Å². The van der Waals surface area contributed by atoms with E-state index in [9.17, 15) is 0 Å². The molecule has 0 aliphatic carbocycles. The molecule has 0 aliphatic heterocycles. The third-order valence-corrected chi connectivity index (χ3v) is 4.02. The highest BCUT2D eigenvalue weighted by molar-refractivity contribution is 9.10. The summed E-state index contributed by atoms with van der Waals surface area (Å²) in [7, 11) is 0. The molecule has 0 heterocycles. The van der Waals surface area contributed by atoms with Crippen molar-refractivity contribution < 1.29 is 4.74 Å². The summed E-state index contributed by atoms with van der Waals surface area (Å²) in [6.07, 6.45) is 0.857. The van der Waals surface area contributed by atoms with Gasteiger partial charge in [0, 0.05) is 10.5 Å². The normalized spacial score (nSPS) is 12.2. The minimum Gasteiger partial charge on any atom is -0.456 e. The first kappa shape index (κ1) is 15.5. The molecule has 4 heteroatoms. The molecule has 0 fully saturated rings. The monoisotopic (exact) mass is 397 g/mol. The first-order valence-corrected chi connectivity index (χ1v) is 8.02. The van der Waals surface area contributed by atoms with Crippen LogP contribution in [0.15, 0.2) is 45.3 Å². The molecule has 2 nitrogen and oxygen atoms in total. The molecular weight excluding hydrogens is 382 g/mol. The Morgan fingerprint density at radius 3 is 2.40 bits per heavy atom. The van der Waals surface area contributed by atoms with Gasteiger partial charge in [-0.25, -0.2) is 0 Å². The van der Waals surface area contributed by atoms with Crippen LogP contribution in [0.5, 0.6) is 11.5 Å². The van der Waals surface area contributed by atoms with Crippen molar-refractivity contribution in [3.8, 4) is 11.5 Å². The largest absolute Gasteiger partial charge is 0.456 e. The Hall–Kier alpha value is -0.840. The van der Waals surface area contributed by atoms with Gasteiger partial charge < -0.3 is 10.5 Å². The van der Waals surface area contributed by atoms with Crippen molar-refractivity contribution in [2.75, 3.05) is 0 Å². The number of hydrogen-bond donors (Lipinski definition) is 1. The maximum atomic E-state index is 5.96. The molecule has 20 heavy (non-hydrogen) atoms. The van der Waals surface area contributed by atoms with E-state index in [1.54, 1.807) is 0 Å². The van der Waals surface area contributed by atoms with Gasteiger partial charge in [0.2, 0.25) is 0 Å². The van der Waals surface area contributed by atoms with Crippen molar-refractivity contribution in [3.05, 3.63) is 56.5 Å². The smallest absolute Gasteiger partial charge is 0.141 e. The van der Waals surface area contributed by atoms with E-state index in [1.807, 2.05) is 38.1 Å². The Kier molecular flexibility index (Phi) is 5.24. The molecule has 1 atom stereocenters. The topological polar surface area (TPSA) is 35.2 Å². The summed E-state index contributed by atoms with van der Waals surface area (Å²) in [5.41, 5.74) is 8.11. The average Bonchev–Trinajstić information content (AvgIpc) is 2.34. The predicted molar refractivity (Wildman–Crippen MR) is 90.4 cm³/mol. The molecule has 1 unspecified atom stereocenters. The maximum absolute atomic E-state index is 5.96. The Labute approximate surface area is 136 Å². The van der Waals surface area contributed by atoms with Gasteiger partial charge >= 0.3 is 0 Å². The lowest BCUT2D eigenvalue weighted by Gasteiger charge is -2.12. The number of aryl methyl sites for hydroxylation is 1. The van der Waals surface area contributed by atoms with Gasteiger partial charge in [-0.15, -0.1) is 0 Å². The first-order chi connectivity index (χ1) is 9.45. The molecule has 0 bridgehead atoms. The minimum absolute atomic E-state index is 0.155. The van der Waals surface area contributed by atoms with E-state index < -0.39 is 0 Å². The number of ether oxygens (including phenoxy) is 1. The van der Waals surface area contributed by atoms with E-state index in [0.717, 1.165) is 32.4 Å². The molecule has 2 N–H and O–H groups in total. The van der Waals surface area contributed by atoms with E-state index in [2.05, 4.69) is 44.0 Å². The molecule has 2 aromatic carbocycles. The summed E-state index contributed by atoms with van der Waals surface area (Å²) >= 11 is 7.01. The van der Waals surface area contributed by atoms with Gasteiger partial charge in [-0.2, -0.15) is 0 Å². The fraction of sp³-hybridized carbons (Fsp3) is 0.250. The average molecular weight is 399 g/mol. The molecule has 0 spiro atoms. The molecule has 0 saturated heterocycles. The third-order valence-electron chi connectivity index (χ3n) is 2.91. The second-order valence-corrected chi connectivity index (χ2v) is 6.73. The summed E-state index contributed by atoms with van der Waals surface area (Å²) in [5.74, 6) is 1.66. The Balaban J connectivity index is 2.21. The zero-order valence-electron chi connectivity index (χ0n) is 11.5. The van der Waals surface area contributed by atoms with E-state index >= 15 is 0 Å². The highest BCUT2D eigenvalue weighted by Gasteiger charge is 2.07. The van der Waals surface area contributed by atoms with Crippen LogP contribution in [0, 0.1) is 6.92 Å². The fourth-order valence-electron chi connectivity index (χ4n) is 1.97. The molecule has 0 aromatic heterocycles. The molecule has 106 valence electrons. The lowest BCUT2D eigenvalue weighted by Crippen LogP contribution is -2.17. The van der Waals surface area contributed by atoms with Gasteiger partial charge in [0.05, 0.1) is 4.47 Å². The summed E-state index contributed by atoms with van der Waals surface area (Å²) in [4.78, 5) is 0. The number of nitrogens with two attached hydrogens (primary N) is 1. The molecular formula is C16H17Br2NO. The number of rotatable bonds is 4. The summed E-state index contributed by atoms with van der Waals surface area (Å²) < 4.78 is 7.95. The van der Waals surface area contributed by atoms with Crippen LogP contribution in [0.4, 0.5) is 0 Å². The summed E-state index contributed by atoms with van der Waals surface area (Å²) in [5, 5.41) is 0. The molecule has 2 aromatic rings. The van der Waals surface area contributed by atoms with E-state index in [1.165, 1.54) is 5.56 Å². The van der Waals surface area contributed by atoms with Crippen LogP contribution >= 0.6 is 31.9 Å². The highest BCUT2D eigenvalue weighted by Crippen LogP contribution is 2.33. The van der Waals surface area contributed by atoms with Crippen molar-refractivity contribution in [2.24, 2.45) is 5.73 Å². The first-order valence-electron chi connectivity index (χ1n) is 6.43. The Morgan fingerprint density at radius 2 is 1.80 bits per heavy atom. The summed E-state index contributed by atoms with van der Waals surface area (Å²) in [6, 6.07) is 12.2. The Bertz CT molecular complexity index is 611. The van der Waals surface area contributed by atoms with Crippen molar-refractivity contribution in [2.45, 2.75) is 26.3 Å². The van der Waals surface area contributed by atoms with Gasteiger partial charge in [-0.3, -0.25) is 0 Å². The molecule has 0 aliphatic rings. The van der Waals surface area contributed by atoms with Crippen LogP contribution in [0.1, 0.15) is 18.1 Å². The molecule has 2 rings (SSSR count). The van der Waals surface area contributed by atoms with Crippen LogP contribution in [-0.2, 0) is 6.42 Å². The molecule has 0 radical (unpaired) electrons. The second kappa shape index (κ2) is 6.74. The van der Waals surface area contributed by atoms with E-state index in [-0.39, 0.29) is 6.04 Å². The van der Waals surface area contributed by atoms with E-state index in [0.29, 0.717) is 0 Å². The van der Waals surface area contributed by atoms with Gasteiger partial charge in [0.25, 0.3) is 0 Å². The zero-order valence-corrected chi connectivity index (χ0v) is 14.7. The minimum atomic E-state index is 0.155. The van der Waals surface area contributed by atoms with Crippen LogP contribution in [0.2, 0.25) is 0 Å². The lowest BCUT2D eigenvalue weighted by atomic mass is 10.1. The number of halogens is 2.